The molecule has 0 spiro atoms. The van der Waals surface area contributed by atoms with E-state index in [0.717, 1.165) is 22.5 Å². The molecule has 0 saturated carbocycles. The molecular formula is C13H15ClN4. The van der Waals surface area contributed by atoms with Crippen LogP contribution >= 0.6 is 11.6 Å². The zero-order valence-corrected chi connectivity index (χ0v) is 11.1. The third-order valence-corrected chi connectivity index (χ3v) is 3.03. The van der Waals surface area contributed by atoms with Gasteiger partial charge in [0, 0.05) is 5.02 Å². The Hall–Kier alpha value is -1.49. The maximum absolute atomic E-state index is 6.01. The van der Waals surface area contributed by atoms with Crippen LogP contribution < -0.4 is 11.3 Å². The highest BCUT2D eigenvalue weighted by Crippen LogP contribution is 2.25. The zero-order chi connectivity index (χ0) is 13.1. The van der Waals surface area contributed by atoms with Gasteiger partial charge in [0.2, 0.25) is 0 Å². The Balaban J connectivity index is 2.48. The highest BCUT2D eigenvalue weighted by atomic mass is 35.5. The molecule has 0 amide bonds. The van der Waals surface area contributed by atoms with E-state index in [1.807, 2.05) is 44.2 Å². The van der Waals surface area contributed by atoms with Gasteiger partial charge in [0.15, 0.2) is 0 Å². The first kappa shape index (κ1) is 13.0. The summed E-state index contributed by atoms with van der Waals surface area (Å²) < 4.78 is 0. The number of aromatic nitrogens is 2. The van der Waals surface area contributed by atoms with Crippen molar-refractivity contribution in [2.24, 2.45) is 5.84 Å². The molecule has 1 heterocycles. The topological polar surface area (TPSA) is 63.8 Å². The first-order valence-corrected chi connectivity index (χ1v) is 6.02. The Morgan fingerprint density at radius 2 is 2.00 bits per heavy atom. The van der Waals surface area contributed by atoms with Gasteiger partial charge in [-0.15, -0.1) is 0 Å². The SMILES string of the molecule is Cc1cc(C(NN)c2cccc(Cl)c2)c(C)nn1. The quantitative estimate of drug-likeness (QED) is 0.658. The van der Waals surface area contributed by atoms with E-state index in [4.69, 9.17) is 17.4 Å². The van der Waals surface area contributed by atoms with Crippen LogP contribution in [0.5, 0.6) is 0 Å². The lowest BCUT2D eigenvalue weighted by Gasteiger charge is -2.18. The second-order valence-electron chi connectivity index (χ2n) is 4.18. The monoisotopic (exact) mass is 262 g/mol. The van der Waals surface area contributed by atoms with E-state index in [2.05, 4.69) is 15.6 Å². The minimum absolute atomic E-state index is 0.141. The largest absolute Gasteiger partial charge is 0.271 e. The minimum Gasteiger partial charge on any atom is -0.271 e. The summed E-state index contributed by atoms with van der Waals surface area (Å²) in [5, 5.41) is 8.82. The fraction of sp³-hybridized carbons (Fsp3) is 0.231. The van der Waals surface area contributed by atoms with Crippen molar-refractivity contribution in [2.45, 2.75) is 19.9 Å². The number of hydrazine groups is 1. The van der Waals surface area contributed by atoms with Crippen LogP contribution in [0.1, 0.15) is 28.6 Å². The van der Waals surface area contributed by atoms with Gasteiger partial charge in [0.25, 0.3) is 0 Å². The third kappa shape index (κ3) is 2.67. The van der Waals surface area contributed by atoms with Crippen molar-refractivity contribution in [3.05, 3.63) is 57.9 Å². The molecule has 94 valence electrons. The highest BCUT2D eigenvalue weighted by molar-refractivity contribution is 6.30. The Kier molecular flexibility index (Phi) is 3.91. The van der Waals surface area contributed by atoms with Crippen molar-refractivity contribution in [1.82, 2.24) is 15.6 Å². The molecule has 1 aromatic carbocycles. The van der Waals surface area contributed by atoms with Gasteiger partial charge in [-0.05, 0) is 43.2 Å². The van der Waals surface area contributed by atoms with Gasteiger partial charge in [0.1, 0.15) is 0 Å². The summed E-state index contributed by atoms with van der Waals surface area (Å²) in [4.78, 5) is 0. The highest BCUT2D eigenvalue weighted by Gasteiger charge is 2.16. The first-order valence-electron chi connectivity index (χ1n) is 5.64. The smallest absolute Gasteiger partial charge is 0.0729 e. The molecule has 0 radical (unpaired) electrons. The Morgan fingerprint density at radius 1 is 1.22 bits per heavy atom. The molecule has 5 heteroatoms. The van der Waals surface area contributed by atoms with Crippen LogP contribution in [-0.2, 0) is 0 Å². The number of nitrogens with one attached hydrogen (secondary N) is 1. The third-order valence-electron chi connectivity index (χ3n) is 2.80. The van der Waals surface area contributed by atoms with Gasteiger partial charge in [-0.2, -0.15) is 10.2 Å². The lowest BCUT2D eigenvalue weighted by molar-refractivity contribution is 0.626. The molecule has 4 nitrogen and oxygen atoms in total. The molecule has 0 bridgehead atoms. The van der Waals surface area contributed by atoms with Gasteiger partial charge >= 0.3 is 0 Å². The molecule has 2 aromatic rings. The molecule has 18 heavy (non-hydrogen) atoms. The predicted octanol–water partition coefficient (Wildman–Crippen LogP) is 2.30. The van der Waals surface area contributed by atoms with E-state index in [-0.39, 0.29) is 6.04 Å². The average molecular weight is 263 g/mol. The fourth-order valence-corrected chi connectivity index (χ4v) is 2.11. The van der Waals surface area contributed by atoms with E-state index in [1.165, 1.54) is 0 Å². The summed E-state index contributed by atoms with van der Waals surface area (Å²) in [5.41, 5.74) is 6.52. The molecule has 2 rings (SSSR count). The summed E-state index contributed by atoms with van der Waals surface area (Å²) in [6.07, 6.45) is 0. The van der Waals surface area contributed by atoms with Crippen molar-refractivity contribution >= 4 is 11.6 Å². The number of hydrogen-bond acceptors (Lipinski definition) is 4. The van der Waals surface area contributed by atoms with Crippen LogP contribution in [-0.4, -0.2) is 10.2 Å². The molecule has 1 aromatic heterocycles. The summed E-state index contributed by atoms with van der Waals surface area (Å²) in [7, 11) is 0. The normalized spacial score (nSPS) is 12.4. The number of halogens is 1. The predicted molar refractivity (Wildman–Crippen MR) is 72.1 cm³/mol. The van der Waals surface area contributed by atoms with Crippen molar-refractivity contribution in [3.8, 4) is 0 Å². The van der Waals surface area contributed by atoms with E-state index in [0.29, 0.717) is 5.02 Å². The van der Waals surface area contributed by atoms with Gasteiger partial charge in [-0.3, -0.25) is 5.84 Å². The molecule has 0 aliphatic heterocycles. The average Bonchev–Trinajstić information content (AvgIpc) is 2.35. The number of aryl methyl sites for hydroxylation is 2. The lowest BCUT2D eigenvalue weighted by atomic mass is 9.98. The van der Waals surface area contributed by atoms with Gasteiger partial charge in [-0.25, -0.2) is 5.43 Å². The van der Waals surface area contributed by atoms with Crippen molar-refractivity contribution < 1.29 is 0 Å². The van der Waals surface area contributed by atoms with Crippen molar-refractivity contribution in [1.29, 1.82) is 0 Å². The van der Waals surface area contributed by atoms with Crippen LogP contribution in [0.2, 0.25) is 5.02 Å². The van der Waals surface area contributed by atoms with Gasteiger partial charge in [0.05, 0.1) is 17.4 Å². The Labute approximate surface area is 111 Å². The number of nitrogens with zero attached hydrogens (tertiary/aromatic N) is 2. The van der Waals surface area contributed by atoms with Crippen LogP contribution in [0.25, 0.3) is 0 Å². The number of nitrogens with two attached hydrogens (primary N) is 1. The first-order chi connectivity index (χ1) is 8.61. The summed E-state index contributed by atoms with van der Waals surface area (Å²) in [6.45, 7) is 3.82. The summed E-state index contributed by atoms with van der Waals surface area (Å²) in [6, 6.07) is 9.44. The van der Waals surface area contributed by atoms with Gasteiger partial charge < -0.3 is 0 Å². The zero-order valence-electron chi connectivity index (χ0n) is 10.3. The second kappa shape index (κ2) is 5.44. The molecular weight excluding hydrogens is 248 g/mol. The van der Waals surface area contributed by atoms with Crippen LogP contribution in [0.15, 0.2) is 30.3 Å². The number of rotatable bonds is 3. The molecule has 0 saturated heterocycles. The standard InChI is InChI=1S/C13H15ClN4/c1-8-6-12(9(2)18-17-8)13(16-15)10-4-3-5-11(14)7-10/h3-7,13,16H,15H2,1-2H3. The lowest BCUT2D eigenvalue weighted by Crippen LogP contribution is -2.29. The maximum atomic E-state index is 6.01. The van der Waals surface area contributed by atoms with E-state index < -0.39 is 0 Å². The summed E-state index contributed by atoms with van der Waals surface area (Å²) in [5.74, 6) is 5.66. The molecule has 1 atom stereocenters. The molecule has 0 fully saturated rings. The second-order valence-corrected chi connectivity index (χ2v) is 4.62. The maximum Gasteiger partial charge on any atom is 0.0729 e. The molecule has 0 aliphatic carbocycles. The molecule has 0 aliphatic rings. The van der Waals surface area contributed by atoms with Crippen LogP contribution in [0.4, 0.5) is 0 Å². The van der Waals surface area contributed by atoms with Gasteiger partial charge in [-0.1, -0.05) is 23.7 Å². The van der Waals surface area contributed by atoms with Crippen LogP contribution in [0, 0.1) is 13.8 Å². The van der Waals surface area contributed by atoms with E-state index >= 15 is 0 Å². The van der Waals surface area contributed by atoms with E-state index in [1.54, 1.807) is 0 Å². The molecule has 1 unspecified atom stereocenters. The summed E-state index contributed by atoms with van der Waals surface area (Å²) >= 11 is 6.01. The molecule has 3 N–H and O–H groups in total. The van der Waals surface area contributed by atoms with Crippen LogP contribution in [0.3, 0.4) is 0 Å². The van der Waals surface area contributed by atoms with E-state index in [9.17, 15) is 0 Å². The minimum atomic E-state index is -0.141. The fourth-order valence-electron chi connectivity index (χ4n) is 1.91. The number of benzene rings is 1. The van der Waals surface area contributed by atoms with Crippen molar-refractivity contribution in [3.63, 3.8) is 0 Å². The van der Waals surface area contributed by atoms with Crippen molar-refractivity contribution in [2.75, 3.05) is 0 Å². The number of hydrogen-bond donors (Lipinski definition) is 2. The Morgan fingerprint density at radius 3 is 2.67 bits per heavy atom. The Bertz CT molecular complexity index is 556.